The van der Waals surface area contributed by atoms with Crippen LogP contribution >= 0.6 is 0 Å². The minimum atomic E-state index is -4.80. The van der Waals surface area contributed by atoms with E-state index in [9.17, 15) is 17.6 Å². The highest BCUT2D eigenvalue weighted by Gasteiger charge is 2.49. The first kappa shape index (κ1) is 29.0. The van der Waals surface area contributed by atoms with Gasteiger partial charge in [-0.3, -0.25) is 4.90 Å². The summed E-state index contributed by atoms with van der Waals surface area (Å²) in [6, 6.07) is 1.83. The number of rotatable bonds is 5. The van der Waals surface area contributed by atoms with E-state index in [0.717, 1.165) is 51.3 Å². The predicted molar refractivity (Wildman–Crippen MR) is 149 cm³/mol. The molecule has 6 heterocycles. The summed E-state index contributed by atoms with van der Waals surface area (Å²) in [7, 11) is 0. The zero-order valence-electron chi connectivity index (χ0n) is 24.2. The van der Waals surface area contributed by atoms with E-state index in [1.165, 1.54) is 6.92 Å². The number of nitrogens with two attached hydrogens (primary N) is 1. The Kier molecular flexibility index (Phi) is 7.20. The third-order valence-electron chi connectivity index (χ3n) is 10.0. The van der Waals surface area contributed by atoms with Crippen LogP contribution in [0.2, 0.25) is 0 Å². The monoisotopic (exact) mass is 608 g/mol. The number of hydrogen-bond donors (Lipinski definition) is 2. The molecule has 5 aliphatic heterocycles. The minimum Gasteiger partial charge on any atom is -0.461 e. The Morgan fingerprint density at radius 2 is 1.98 bits per heavy atom. The zero-order chi connectivity index (χ0) is 30.1. The third-order valence-corrected chi connectivity index (χ3v) is 10.0. The molecular weight excluding hydrogens is 571 g/mol. The molecule has 2 bridgehead atoms. The molecule has 1 aromatic heterocycles. The van der Waals surface area contributed by atoms with Gasteiger partial charge in [-0.25, -0.2) is 8.78 Å². The lowest BCUT2D eigenvalue weighted by Gasteiger charge is -2.34. The molecule has 5 aliphatic rings. The lowest BCUT2D eigenvalue weighted by atomic mass is 9.91. The van der Waals surface area contributed by atoms with Gasteiger partial charge in [0.05, 0.1) is 35.2 Å². The fourth-order valence-corrected chi connectivity index (χ4v) is 8.05. The van der Waals surface area contributed by atoms with Crippen LogP contribution in [0.15, 0.2) is 6.07 Å². The van der Waals surface area contributed by atoms with Crippen molar-refractivity contribution in [2.24, 2.45) is 0 Å². The molecule has 0 aliphatic carbocycles. The first-order valence-corrected chi connectivity index (χ1v) is 15.2. The minimum absolute atomic E-state index is 0.0839. The molecule has 43 heavy (non-hydrogen) atoms. The first-order valence-electron chi connectivity index (χ1n) is 15.2. The highest BCUT2D eigenvalue weighted by atomic mass is 19.4. The Labute approximate surface area is 247 Å². The maximum atomic E-state index is 15.3. The number of hydrogen-bond acceptors (Lipinski definition) is 8. The van der Waals surface area contributed by atoms with E-state index >= 15 is 4.39 Å². The van der Waals surface area contributed by atoms with Gasteiger partial charge in [-0.05, 0) is 57.2 Å². The number of nitrogen functional groups attached to an aromatic ring is 1. The lowest BCUT2D eigenvalue weighted by Crippen LogP contribution is -2.43. The van der Waals surface area contributed by atoms with Crippen molar-refractivity contribution in [2.45, 2.75) is 94.6 Å². The molecular formula is C30H37F5N6O2. The fraction of sp³-hybridized carbons (Fsp3) is 0.667. The van der Waals surface area contributed by atoms with Crippen LogP contribution in [0, 0.1) is 12.7 Å². The van der Waals surface area contributed by atoms with Crippen molar-refractivity contribution < 1.29 is 31.4 Å². The zero-order valence-corrected chi connectivity index (χ0v) is 24.2. The summed E-state index contributed by atoms with van der Waals surface area (Å²) in [4.78, 5) is 13.8. The second-order valence-electron chi connectivity index (χ2n) is 12.9. The summed E-state index contributed by atoms with van der Waals surface area (Å²) in [5, 5.41) is 3.65. The van der Waals surface area contributed by atoms with Crippen LogP contribution in [-0.2, 0) is 23.9 Å². The molecule has 8 nitrogen and oxygen atoms in total. The maximum Gasteiger partial charge on any atom is 0.417 e. The van der Waals surface area contributed by atoms with E-state index in [0.29, 0.717) is 48.7 Å². The molecule has 0 spiro atoms. The van der Waals surface area contributed by atoms with Crippen LogP contribution in [-0.4, -0.2) is 71.4 Å². The van der Waals surface area contributed by atoms with Crippen molar-refractivity contribution in [2.75, 3.05) is 43.4 Å². The van der Waals surface area contributed by atoms with Crippen LogP contribution in [0.5, 0.6) is 6.01 Å². The van der Waals surface area contributed by atoms with Gasteiger partial charge in [-0.2, -0.15) is 23.1 Å². The van der Waals surface area contributed by atoms with E-state index in [2.05, 4.69) is 20.1 Å². The van der Waals surface area contributed by atoms with Crippen LogP contribution in [0.4, 0.5) is 33.5 Å². The smallest absolute Gasteiger partial charge is 0.417 e. The summed E-state index contributed by atoms with van der Waals surface area (Å²) in [5.41, 5.74) is 4.29. The Hall–Kier alpha value is -2.77. The Morgan fingerprint density at radius 3 is 2.79 bits per heavy atom. The van der Waals surface area contributed by atoms with E-state index in [1.807, 2.05) is 0 Å². The molecule has 3 unspecified atom stereocenters. The van der Waals surface area contributed by atoms with Crippen LogP contribution in [0.25, 0.3) is 0 Å². The number of nitrogens with zero attached hydrogens (tertiary/aromatic N) is 4. The summed E-state index contributed by atoms with van der Waals surface area (Å²) < 4.78 is 84.5. The second-order valence-corrected chi connectivity index (χ2v) is 12.9. The van der Waals surface area contributed by atoms with E-state index < -0.39 is 40.9 Å². The lowest BCUT2D eigenvalue weighted by molar-refractivity contribution is -0.140. The number of fused-ring (bicyclic) bond motifs is 4. The van der Waals surface area contributed by atoms with Crippen LogP contribution in [0.1, 0.15) is 72.6 Å². The number of anilines is 2. The van der Waals surface area contributed by atoms with Gasteiger partial charge in [-0.15, -0.1) is 0 Å². The summed E-state index contributed by atoms with van der Waals surface area (Å²) >= 11 is 0. The molecule has 234 valence electrons. The van der Waals surface area contributed by atoms with Gasteiger partial charge in [0.2, 0.25) is 0 Å². The Bertz CT molecular complexity index is 1410. The number of halogens is 5. The van der Waals surface area contributed by atoms with Crippen molar-refractivity contribution >= 4 is 11.5 Å². The van der Waals surface area contributed by atoms with E-state index in [-0.39, 0.29) is 36.9 Å². The third kappa shape index (κ3) is 5.20. The van der Waals surface area contributed by atoms with Gasteiger partial charge in [0.15, 0.2) is 5.82 Å². The van der Waals surface area contributed by atoms with E-state index in [4.69, 9.17) is 20.2 Å². The van der Waals surface area contributed by atoms with Gasteiger partial charge < -0.3 is 25.4 Å². The number of benzene rings is 1. The van der Waals surface area contributed by atoms with Gasteiger partial charge in [0.1, 0.15) is 18.6 Å². The first-order chi connectivity index (χ1) is 20.5. The summed E-state index contributed by atoms with van der Waals surface area (Å²) in [6.45, 7) is 4.06. The molecule has 0 saturated carbocycles. The summed E-state index contributed by atoms with van der Waals surface area (Å²) in [5.74, 6) is -0.502. The van der Waals surface area contributed by atoms with Crippen molar-refractivity contribution in [3.05, 3.63) is 39.8 Å². The quantitative estimate of drug-likeness (QED) is 0.376. The SMILES string of the molecule is Cc1cc(N)c(F)c(C2Cc3nc(OC[C@@]45CCCN4C[C@H](F)C5)nc(N4CCC5CCC(C4)N5)c3CO2)c1C(F)(F)F. The molecule has 2 aromatic rings. The summed E-state index contributed by atoms with van der Waals surface area (Å²) in [6.07, 6.45) is -1.82. The Balaban J connectivity index is 1.25. The van der Waals surface area contributed by atoms with Crippen molar-refractivity contribution in [1.82, 2.24) is 20.2 Å². The largest absolute Gasteiger partial charge is 0.461 e. The van der Waals surface area contributed by atoms with Crippen molar-refractivity contribution in [3.8, 4) is 6.01 Å². The highest BCUT2D eigenvalue weighted by molar-refractivity contribution is 5.55. The van der Waals surface area contributed by atoms with Gasteiger partial charge in [0.25, 0.3) is 0 Å². The topological polar surface area (TPSA) is 88.8 Å². The highest BCUT2D eigenvalue weighted by Crippen LogP contribution is 2.45. The van der Waals surface area contributed by atoms with E-state index in [1.54, 1.807) is 0 Å². The number of aryl methyl sites for hydroxylation is 1. The normalized spacial score (nSPS) is 30.8. The van der Waals surface area contributed by atoms with Gasteiger partial charge >= 0.3 is 12.2 Å². The molecule has 1 aromatic carbocycles. The predicted octanol–water partition coefficient (Wildman–Crippen LogP) is 4.63. The van der Waals surface area contributed by atoms with Crippen LogP contribution in [0.3, 0.4) is 0 Å². The number of ether oxygens (including phenoxy) is 2. The molecule has 0 amide bonds. The molecule has 5 atom stereocenters. The average Bonchev–Trinajstić information content (AvgIpc) is 3.58. The molecule has 3 N–H and O–H groups in total. The number of nitrogens with one attached hydrogen (secondary N) is 1. The molecule has 4 saturated heterocycles. The molecule has 13 heteroatoms. The standard InChI is InChI=1S/C30H37F5N6O2/c1-16-9-21(36)26(32)24(25(16)30(33,34)35)23-10-22-20(14-42-23)27(40-8-5-18-3-4-19(13-40)37-18)39-28(38-22)43-15-29-6-2-7-41(29)12-17(31)11-29/h9,17-19,23,37H,2-8,10-15,36H2,1H3/t17-,18?,19?,23?,29+/m1/s1. The maximum absolute atomic E-state index is 15.3. The second kappa shape index (κ2) is 10.7. The molecule has 0 radical (unpaired) electrons. The van der Waals surface area contributed by atoms with Crippen molar-refractivity contribution in [1.29, 1.82) is 0 Å². The van der Waals surface area contributed by atoms with Crippen LogP contribution < -0.4 is 20.7 Å². The molecule has 7 rings (SSSR count). The Morgan fingerprint density at radius 1 is 1.16 bits per heavy atom. The van der Waals surface area contributed by atoms with Gasteiger partial charge in [-0.1, -0.05) is 0 Å². The van der Waals surface area contributed by atoms with Crippen molar-refractivity contribution in [3.63, 3.8) is 0 Å². The average molecular weight is 609 g/mol. The van der Waals surface area contributed by atoms with Gasteiger partial charge in [0, 0.05) is 55.7 Å². The fourth-order valence-electron chi connectivity index (χ4n) is 8.05. The number of alkyl halides is 4. The number of aromatic nitrogens is 2. The molecule has 4 fully saturated rings.